The molecule has 37 heavy (non-hydrogen) atoms. The molecular weight excluding hydrogens is 477 g/mol. The van der Waals surface area contributed by atoms with Crippen LogP contribution in [0.25, 0.3) is 16.8 Å². The van der Waals surface area contributed by atoms with Crippen LogP contribution in [0.1, 0.15) is 41.9 Å². The monoisotopic (exact) mass is 503 g/mol. The fraction of sp³-hybridized carbons (Fsp3) is 0.346. The first-order valence-electron chi connectivity index (χ1n) is 12.2. The summed E-state index contributed by atoms with van der Waals surface area (Å²) >= 11 is 0. The molecule has 1 spiro atoms. The van der Waals surface area contributed by atoms with Crippen molar-refractivity contribution in [1.29, 1.82) is 0 Å². The lowest BCUT2D eigenvalue weighted by atomic mass is 9.88. The average molecular weight is 504 g/mol. The van der Waals surface area contributed by atoms with E-state index in [1.165, 1.54) is 13.2 Å². The molecule has 190 valence electrons. The van der Waals surface area contributed by atoms with Gasteiger partial charge < -0.3 is 15.0 Å². The van der Waals surface area contributed by atoms with Crippen LogP contribution in [0, 0.1) is 11.7 Å². The lowest BCUT2D eigenvalue weighted by molar-refractivity contribution is -0.127. The normalized spacial score (nSPS) is 18.2. The predicted molar refractivity (Wildman–Crippen MR) is 131 cm³/mol. The summed E-state index contributed by atoms with van der Waals surface area (Å²) in [6.45, 7) is 0.856. The SMILES string of the molecule is COc1cc(-c2cc(C(=O)N3CCC(C(=O)NCc4cccc5ccnn45)CC34CC4)[nH]n2)c(F)cn1. The van der Waals surface area contributed by atoms with Crippen LogP contribution in [-0.2, 0) is 11.3 Å². The summed E-state index contributed by atoms with van der Waals surface area (Å²) in [5.41, 5.74) is 2.34. The maximum absolute atomic E-state index is 14.3. The number of methoxy groups -OCH3 is 1. The number of carbonyl (C=O) groups is 2. The number of piperidine rings is 1. The molecule has 1 atom stereocenters. The minimum Gasteiger partial charge on any atom is -0.481 e. The Bertz CT molecular complexity index is 1490. The zero-order valence-electron chi connectivity index (χ0n) is 20.3. The number of halogens is 1. The Morgan fingerprint density at radius 3 is 2.95 bits per heavy atom. The van der Waals surface area contributed by atoms with Gasteiger partial charge in [0, 0.05) is 35.8 Å². The summed E-state index contributed by atoms with van der Waals surface area (Å²) in [5, 5.41) is 14.3. The van der Waals surface area contributed by atoms with Crippen LogP contribution in [0.2, 0.25) is 0 Å². The van der Waals surface area contributed by atoms with Gasteiger partial charge in [-0.2, -0.15) is 10.2 Å². The lowest BCUT2D eigenvalue weighted by Crippen LogP contribution is -2.50. The van der Waals surface area contributed by atoms with Gasteiger partial charge in [0.05, 0.1) is 36.8 Å². The second-order valence-corrected chi connectivity index (χ2v) is 9.65. The number of rotatable bonds is 6. The van der Waals surface area contributed by atoms with E-state index in [0.717, 1.165) is 30.2 Å². The van der Waals surface area contributed by atoms with Gasteiger partial charge in [-0.05, 0) is 49.9 Å². The Balaban J connectivity index is 1.12. The van der Waals surface area contributed by atoms with Gasteiger partial charge in [0.15, 0.2) is 5.82 Å². The van der Waals surface area contributed by atoms with E-state index in [-0.39, 0.29) is 40.4 Å². The highest BCUT2D eigenvalue weighted by Gasteiger charge is 2.54. The lowest BCUT2D eigenvalue weighted by Gasteiger charge is -2.39. The number of ether oxygens (including phenoxy) is 1. The van der Waals surface area contributed by atoms with Crippen molar-refractivity contribution in [3.05, 3.63) is 66.0 Å². The number of carbonyl (C=O) groups excluding carboxylic acids is 2. The van der Waals surface area contributed by atoms with E-state index >= 15 is 0 Å². The zero-order chi connectivity index (χ0) is 25.6. The van der Waals surface area contributed by atoms with Crippen molar-refractivity contribution in [3.63, 3.8) is 0 Å². The Morgan fingerprint density at radius 2 is 2.14 bits per heavy atom. The van der Waals surface area contributed by atoms with Crippen LogP contribution in [0.5, 0.6) is 5.88 Å². The third kappa shape index (κ3) is 4.20. The minimum atomic E-state index is -0.555. The van der Waals surface area contributed by atoms with E-state index in [9.17, 15) is 14.0 Å². The molecule has 2 aliphatic rings. The topological polar surface area (TPSA) is 118 Å². The maximum atomic E-state index is 14.3. The quantitative estimate of drug-likeness (QED) is 0.418. The summed E-state index contributed by atoms with van der Waals surface area (Å²) in [6, 6.07) is 10.8. The molecule has 2 fully saturated rings. The summed E-state index contributed by atoms with van der Waals surface area (Å²) < 4.78 is 21.2. The van der Waals surface area contributed by atoms with Gasteiger partial charge in [0.2, 0.25) is 11.8 Å². The van der Waals surface area contributed by atoms with Gasteiger partial charge >= 0.3 is 0 Å². The number of amides is 2. The molecule has 1 saturated heterocycles. The molecule has 1 aliphatic heterocycles. The molecule has 0 radical (unpaired) electrons. The summed E-state index contributed by atoms with van der Waals surface area (Å²) in [5.74, 6) is -0.666. The number of nitrogens with zero attached hydrogens (tertiary/aromatic N) is 5. The van der Waals surface area contributed by atoms with Crippen LogP contribution < -0.4 is 10.1 Å². The number of likely N-dealkylation sites (tertiary alicyclic amines) is 1. The van der Waals surface area contributed by atoms with Crippen molar-refractivity contribution in [2.45, 2.75) is 37.8 Å². The standard InChI is InChI=1S/C26H26FN7O3/c1-37-23-11-19(20(27)15-28-23)21-12-22(32-31-21)25(36)33-10-6-16(13-26(33)7-8-26)24(35)29-14-18-4-2-3-17-5-9-30-34(17)18/h2-5,9,11-12,15-16H,6-8,10,13-14H2,1H3,(H,29,35)(H,31,32). The molecule has 1 saturated carbocycles. The fourth-order valence-electron chi connectivity index (χ4n) is 5.26. The van der Waals surface area contributed by atoms with Gasteiger partial charge in [-0.25, -0.2) is 13.9 Å². The molecule has 11 heteroatoms. The van der Waals surface area contributed by atoms with E-state index in [1.54, 1.807) is 12.3 Å². The fourth-order valence-corrected chi connectivity index (χ4v) is 5.26. The number of hydrogen-bond acceptors (Lipinski definition) is 6. The zero-order valence-corrected chi connectivity index (χ0v) is 20.3. The molecule has 1 unspecified atom stereocenters. The van der Waals surface area contributed by atoms with Crippen LogP contribution in [-0.4, -0.2) is 60.7 Å². The van der Waals surface area contributed by atoms with Gasteiger partial charge in [-0.15, -0.1) is 0 Å². The summed E-state index contributed by atoms with van der Waals surface area (Å²) in [6.07, 6.45) is 5.70. The molecule has 0 aromatic carbocycles. The largest absolute Gasteiger partial charge is 0.481 e. The first-order chi connectivity index (χ1) is 18.0. The maximum Gasteiger partial charge on any atom is 0.272 e. The van der Waals surface area contributed by atoms with Crippen LogP contribution in [0.3, 0.4) is 0 Å². The number of H-pyrrole nitrogens is 1. The second-order valence-electron chi connectivity index (χ2n) is 9.65. The van der Waals surface area contributed by atoms with Gasteiger partial charge in [0.25, 0.3) is 5.91 Å². The first kappa shape index (κ1) is 23.1. The molecule has 2 amide bonds. The highest BCUT2D eigenvalue weighted by molar-refractivity contribution is 5.94. The molecule has 0 bridgehead atoms. The van der Waals surface area contributed by atoms with Gasteiger partial charge in [0.1, 0.15) is 5.69 Å². The van der Waals surface area contributed by atoms with Gasteiger partial charge in [-0.1, -0.05) is 6.07 Å². The number of hydrogen-bond donors (Lipinski definition) is 2. The van der Waals surface area contributed by atoms with E-state index < -0.39 is 5.82 Å². The van der Waals surface area contributed by atoms with Crippen molar-refractivity contribution in [3.8, 4) is 17.1 Å². The first-order valence-corrected chi connectivity index (χ1v) is 12.2. The molecule has 4 aromatic heterocycles. The number of pyridine rings is 2. The highest BCUT2D eigenvalue weighted by Crippen LogP contribution is 2.50. The number of nitrogens with one attached hydrogen (secondary N) is 2. The van der Waals surface area contributed by atoms with Crippen LogP contribution in [0.15, 0.2) is 48.8 Å². The van der Waals surface area contributed by atoms with E-state index in [2.05, 4.69) is 25.6 Å². The van der Waals surface area contributed by atoms with Crippen molar-refractivity contribution in [2.75, 3.05) is 13.7 Å². The molecular formula is C26H26FN7O3. The molecule has 6 rings (SSSR count). The number of aromatic amines is 1. The molecule has 4 aromatic rings. The van der Waals surface area contributed by atoms with E-state index in [0.29, 0.717) is 31.6 Å². The van der Waals surface area contributed by atoms with Crippen LogP contribution >= 0.6 is 0 Å². The van der Waals surface area contributed by atoms with Gasteiger partial charge in [-0.3, -0.25) is 14.7 Å². The van der Waals surface area contributed by atoms with Crippen LogP contribution in [0.4, 0.5) is 4.39 Å². The smallest absolute Gasteiger partial charge is 0.272 e. The molecule has 2 N–H and O–H groups in total. The third-order valence-electron chi connectivity index (χ3n) is 7.41. The molecule has 5 heterocycles. The summed E-state index contributed by atoms with van der Waals surface area (Å²) in [4.78, 5) is 32.1. The Labute approximate surface area is 211 Å². The Hall–Kier alpha value is -4.28. The van der Waals surface area contributed by atoms with Crippen molar-refractivity contribution in [1.82, 2.24) is 35.0 Å². The minimum absolute atomic E-state index is 0.00605. The van der Waals surface area contributed by atoms with E-state index in [1.807, 2.05) is 33.7 Å². The average Bonchev–Trinajstić information content (AvgIpc) is 3.31. The highest BCUT2D eigenvalue weighted by atomic mass is 19.1. The molecule has 1 aliphatic carbocycles. The second kappa shape index (κ2) is 8.99. The van der Waals surface area contributed by atoms with Crippen molar-refractivity contribution < 1.29 is 18.7 Å². The number of fused-ring (bicyclic) bond motifs is 1. The summed E-state index contributed by atoms with van der Waals surface area (Å²) in [7, 11) is 1.45. The Morgan fingerprint density at radius 1 is 1.27 bits per heavy atom. The number of aromatic nitrogens is 5. The van der Waals surface area contributed by atoms with Crippen molar-refractivity contribution >= 4 is 17.3 Å². The third-order valence-corrected chi connectivity index (χ3v) is 7.41. The molecule has 10 nitrogen and oxygen atoms in total. The van der Waals surface area contributed by atoms with E-state index in [4.69, 9.17) is 4.74 Å². The Kier molecular flexibility index (Phi) is 5.62. The van der Waals surface area contributed by atoms with Crippen molar-refractivity contribution in [2.24, 2.45) is 5.92 Å². The predicted octanol–water partition coefficient (Wildman–Crippen LogP) is 2.97.